The number of rotatable bonds is 1. The highest BCUT2D eigenvalue weighted by atomic mass is 16.5. The van der Waals surface area contributed by atoms with Gasteiger partial charge in [-0.15, -0.1) is 0 Å². The topological polar surface area (TPSA) is 39.4 Å². The zero-order valence-corrected chi connectivity index (χ0v) is 10.2. The van der Waals surface area contributed by atoms with Crippen molar-refractivity contribution in [3.05, 3.63) is 63.7 Å². The van der Waals surface area contributed by atoms with Crippen molar-refractivity contribution >= 4 is 0 Å². The number of ether oxygens (including phenoxy) is 1. The summed E-state index contributed by atoms with van der Waals surface area (Å²) in [5, 5.41) is 0. The standard InChI is InChI=1S/C15H12O3/c1-11-9-13(10-15(16)18-11)4-3-12-5-7-14(17-2)8-6-12/h5-10H,1-2H3. The van der Waals surface area contributed by atoms with E-state index in [9.17, 15) is 4.79 Å². The lowest BCUT2D eigenvalue weighted by molar-refractivity contribution is 0.415. The van der Waals surface area contributed by atoms with Crippen molar-refractivity contribution in [2.75, 3.05) is 7.11 Å². The van der Waals surface area contributed by atoms with E-state index < -0.39 is 0 Å². The molecule has 0 fully saturated rings. The summed E-state index contributed by atoms with van der Waals surface area (Å²) in [6.45, 7) is 1.72. The highest BCUT2D eigenvalue weighted by Gasteiger charge is 1.94. The first kappa shape index (κ1) is 12.0. The maximum atomic E-state index is 11.2. The molecule has 0 radical (unpaired) electrons. The molecule has 0 bridgehead atoms. The summed E-state index contributed by atoms with van der Waals surface area (Å²) in [4.78, 5) is 11.2. The SMILES string of the molecule is COc1ccc(C#Cc2cc(C)oc(=O)c2)cc1. The Hall–Kier alpha value is -2.47. The van der Waals surface area contributed by atoms with Crippen molar-refractivity contribution in [2.45, 2.75) is 6.92 Å². The lowest BCUT2D eigenvalue weighted by Gasteiger charge is -1.97. The van der Waals surface area contributed by atoms with Crippen LogP contribution in [0.1, 0.15) is 16.9 Å². The fraction of sp³-hybridized carbons (Fsp3) is 0.133. The fourth-order valence-corrected chi connectivity index (χ4v) is 1.50. The number of hydrogen-bond acceptors (Lipinski definition) is 3. The average Bonchev–Trinajstić information content (AvgIpc) is 2.36. The minimum Gasteiger partial charge on any atom is -0.497 e. The average molecular weight is 240 g/mol. The zero-order valence-electron chi connectivity index (χ0n) is 10.2. The summed E-state index contributed by atoms with van der Waals surface area (Å²) >= 11 is 0. The molecule has 3 heteroatoms. The maximum Gasteiger partial charge on any atom is 0.337 e. The van der Waals surface area contributed by atoms with Gasteiger partial charge in [0.15, 0.2) is 0 Å². The smallest absolute Gasteiger partial charge is 0.337 e. The van der Waals surface area contributed by atoms with E-state index in [1.807, 2.05) is 24.3 Å². The van der Waals surface area contributed by atoms with E-state index in [2.05, 4.69) is 11.8 Å². The maximum absolute atomic E-state index is 11.2. The second kappa shape index (κ2) is 5.24. The lowest BCUT2D eigenvalue weighted by atomic mass is 10.2. The summed E-state index contributed by atoms with van der Waals surface area (Å²) in [6.07, 6.45) is 0. The molecule has 0 N–H and O–H groups in total. The summed E-state index contributed by atoms with van der Waals surface area (Å²) in [5.74, 6) is 7.26. The molecule has 0 atom stereocenters. The largest absolute Gasteiger partial charge is 0.497 e. The van der Waals surface area contributed by atoms with Gasteiger partial charge in [0.25, 0.3) is 0 Å². The molecule has 0 aliphatic carbocycles. The van der Waals surface area contributed by atoms with Crippen LogP contribution in [0.15, 0.2) is 45.6 Å². The molecule has 2 aromatic rings. The molecular weight excluding hydrogens is 228 g/mol. The summed E-state index contributed by atoms with van der Waals surface area (Å²) in [5.41, 5.74) is 1.13. The van der Waals surface area contributed by atoms with Crippen LogP contribution in [0.2, 0.25) is 0 Å². The molecule has 1 aromatic heterocycles. The van der Waals surface area contributed by atoms with E-state index in [1.54, 1.807) is 20.1 Å². The van der Waals surface area contributed by atoms with Crippen LogP contribution in [-0.4, -0.2) is 7.11 Å². The predicted molar refractivity (Wildman–Crippen MR) is 68.7 cm³/mol. The van der Waals surface area contributed by atoms with Gasteiger partial charge in [0.1, 0.15) is 11.5 Å². The van der Waals surface area contributed by atoms with Gasteiger partial charge in [-0.2, -0.15) is 0 Å². The van der Waals surface area contributed by atoms with Gasteiger partial charge in [0.2, 0.25) is 0 Å². The normalized spacial score (nSPS) is 9.44. The summed E-state index contributed by atoms with van der Waals surface area (Å²) in [7, 11) is 1.62. The molecule has 3 nitrogen and oxygen atoms in total. The number of hydrogen-bond donors (Lipinski definition) is 0. The van der Waals surface area contributed by atoms with Crippen molar-refractivity contribution in [1.29, 1.82) is 0 Å². The molecule has 0 amide bonds. The Bertz CT molecular complexity index is 655. The highest BCUT2D eigenvalue weighted by molar-refractivity contribution is 5.43. The Morgan fingerprint density at radius 2 is 1.72 bits per heavy atom. The zero-order chi connectivity index (χ0) is 13.0. The Balaban J connectivity index is 2.27. The second-order valence-electron chi connectivity index (χ2n) is 3.75. The van der Waals surface area contributed by atoms with Crippen LogP contribution in [0.4, 0.5) is 0 Å². The van der Waals surface area contributed by atoms with Gasteiger partial charge < -0.3 is 9.15 Å². The van der Waals surface area contributed by atoms with Crippen LogP contribution in [0.5, 0.6) is 5.75 Å². The van der Waals surface area contributed by atoms with E-state index in [4.69, 9.17) is 9.15 Å². The molecule has 90 valence electrons. The van der Waals surface area contributed by atoms with Gasteiger partial charge in [-0.05, 0) is 37.3 Å². The Kier molecular flexibility index (Phi) is 3.49. The fourth-order valence-electron chi connectivity index (χ4n) is 1.50. The molecule has 0 saturated heterocycles. The molecule has 2 rings (SSSR count). The van der Waals surface area contributed by atoms with Crippen molar-refractivity contribution in [3.63, 3.8) is 0 Å². The minimum absolute atomic E-state index is 0.381. The number of aryl methyl sites for hydroxylation is 1. The number of benzene rings is 1. The van der Waals surface area contributed by atoms with Crippen LogP contribution < -0.4 is 10.4 Å². The third kappa shape index (κ3) is 3.02. The minimum atomic E-state index is -0.381. The predicted octanol–water partition coefficient (Wildman–Crippen LogP) is 2.36. The van der Waals surface area contributed by atoms with E-state index in [0.717, 1.165) is 11.3 Å². The quantitative estimate of drug-likeness (QED) is 0.718. The van der Waals surface area contributed by atoms with E-state index in [0.29, 0.717) is 11.3 Å². The lowest BCUT2D eigenvalue weighted by Crippen LogP contribution is -1.98. The van der Waals surface area contributed by atoms with E-state index >= 15 is 0 Å². The van der Waals surface area contributed by atoms with Gasteiger partial charge in [-0.3, -0.25) is 0 Å². The Morgan fingerprint density at radius 1 is 1.06 bits per heavy atom. The molecule has 0 unspecified atom stereocenters. The monoisotopic (exact) mass is 240 g/mol. The molecule has 0 aliphatic rings. The molecule has 18 heavy (non-hydrogen) atoms. The third-order valence-electron chi connectivity index (χ3n) is 2.33. The Morgan fingerprint density at radius 3 is 2.33 bits per heavy atom. The first-order valence-corrected chi connectivity index (χ1v) is 5.45. The first-order chi connectivity index (χ1) is 8.67. The summed E-state index contributed by atoms with van der Waals surface area (Å²) in [6, 6.07) is 10.5. The summed E-state index contributed by atoms with van der Waals surface area (Å²) < 4.78 is 9.92. The highest BCUT2D eigenvalue weighted by Crippen LogP contribution is 2.10. The molecule has 0 spiro atoms. The molecule has 1 aromatic carbocycles. The van der Waals surface area contributed by atoms with Crippen LogP contribution in [0.3, 0.4) is 0 Å². The van der Waals surface area contributed by atoms with Crippen LogP contribution in [0, 0.1) is 18.8 Å². The van der Waals surface area contributed by atoms with E-state index in [1.165, 1.54) is 6.07 Å². The first-order valence-electron chi connectivity index (χ1n) is 5.45. The van der Waals surface area contributed by atoms with Crippen LogP contribution >= 0.6 is 0 Å². The van der Waals surface area contributed by atoms with Gasteiger partial charge in [0.05, 0.1) is 7.11 Å². The van der Waals surface area contributed by atoms with Gasteiger partial charge >= 0.3 is 5.63 Å². The van der Waals surface area contributed by atoms with Crippen molar-refractivity contribution in [1.82, 2.24) is 0 Å². The molecule has 0 saturated carbocycles. The third-order valence-corrected chi connectivity index (χ3v) is 2.33. The van der Waals surface area contributed by atoms with Gasteiger partial charge in [-0.25, -0.2) is 4.79 Å². The second-order valence-corrected chi connectivity index (χ2v) is 3.75. The van der Waals surface area contributed by atoms with E-state index in [-0.39, 0.29) is 5.63 Å². The number of methoxy groups -OCH3 is 1. The van der Waals surface area contributed by atoms with Crippen LogP contribution in [-0.2, 0) is 0 Å². The molecular formula is C15H12O3. The van der Waals surface area contributed by atoms with Gasteiger partial charge in [0, 0.05) is 17.2 Å². The van der Waals surface area contributed by atoms with Crippen molar-refractivity contribution in [2.24, 2.45) is 0 Å². The van der Waals surface area contributed by atoms with Crippen LogP contribution in [0.25, 0.3) is 0 Å². The van der Waals surface area contributed by atoms with Gasteiger partial charge in [-0.1, -0.05) is 11.8 Å². The van der Waals surface area contributed by atoms with Crippen molar-refractivity contribution < 1.29 is 9.15 Å². The van der Waals surface area contributed by atoms with Crippen molar-refractivity contribution in [3.8, 4) is 17.6 Å². The Labute approximate surface area is 105 Å². The molecule has 1 heterocycles. The molecule has 0 aliphatic heterocycles.